The smallest absolute Gasteiger partial charge is 0.247 e. The molecule has 2 rings (SSSR count). The molecule has 0 atom stereocenters. The molecular weight excluding hydrogens is 387 g/mol. The zero-order valence-electron chi connectivity index (χ0n) is 13.5. The van der Waals surface area contributed by atoms with Gasteiger partial charge in [-0.1, -0.05) is 29.3 Å². The second kappa shape index (κ2) is 8.05. The lowest BCUT2D eigenvalue weighted by Crippen LogP contribution is -2.35. The van der Waals surface area contributed by atoms with Gasteiger partial charge in [0.15, 0.2) is 0 Å². The van der Waals surface area contributed by atoms with Crippen LogP contribution in [0.3, 0.4) is 0 Å². The molecule has 0 saturated carbocycles. The molecule has 0 aliphatic heterocycles. The summed E-state index contributed by atoms with van der Waals surface area (Å²) in [5.41, 5.74) is 0.476. The van der Waals surface area contributed by atoms with Crippen molar-refractivity contribution >= 4 is 44.8 Å². The Balaban J connectivity index is 2.17. The molecule has 9 heteroatoms. The van der Waals surface area contributed by atoms with E-state index in [9.17, 15) is 13.2 Å². The highest BCUT2D eigenvalue weighted by atomic mass is 35.5. The molecule has 2 aromatic carbocycles. The second-order valence-corrected chi connectivity index (χ2v) is 8.00. The number of methoxy groups -OCH3 is 1. The number of hydrogen-bond donors (Lipinski definition) is 1. The molecule has 6 nitrogen and oxygen atoms in total. The van der Waals surface area contributed by atoms with Crippen molar-refractivity contribution in [2.75, 3.05) is 26.0 Å². The van der Waals surface area contributed by atoms with Gasteiger partial charge >= 0.3 is 0 Å². The summed E-state index contributed by atoms with van der Waals surface area (Å²) in [7, 11) is -1.31. The van der Waals surface area contributed by atoms with Gasteiger partial charge in [-0.25, -0.2) is 8.42 Å². The van der Waals surface area contributed by atoms with Crippen LogP contribution in [0.2, 0.25) is 10.0 Å². The number of hydrogen-bond acceptors (Lipinski definition) is 4. The van der Waals surface area contributed by atoms with E-state index in [2.05, 4.69) is 5.32 Å². The third kappa shape index (κ3) is 4.85. The fourth-order valence-electron chi connectivity index (χ4n) is 2.07. The number of carbonyl (C=O) groups is 1. The highest BCUT2D eigenvalue weighted by molar-refractivity contribution is 7.89. The van der Waals surface area contributed by atoms with Gasteiger partial charge in [-0.15, -0.1) is 0 Å². The second-order valence-electron chi connectivity index (χ2n) is 5.11. The molecular formula is C16H16Cl2N2O4S. The number of ether oxygens (including phenoxy) is 1. The molecule has 0 saturated heterocycles. The van der Waals surface area contributed by atoms with Crippen LogP contribution in [0.25, 0.3) is 0 Å². The molecule has 25 heavy (non-hydrogen) atoms. The maximum absolute atomic E-state index is 12.7. The first kappa shape index (κ1) is 19.5. The average Bonchev–Trinajstić information content (AvgIpc) is 2.54. The Morgan fingerprint density at radius 3 is 2.48 bits per heavy atom. The van der Waals surface area contributed by atoms with Crippen LogP contribution in [0.15, 0.2) is 47.4 Å². The number of halogens is 2. The molecule has 0 spiro atoms. The number of anilines is 1. The minimum Gasteiger partial charge on any atom is -0.495 e. The quantitative estimate of drug-likeness (QED) is 0.804. The van der Waals surface area contributed by atoms with Gasteiger partial charge in [-0.2, -0.15) is 4.31 Å². The Morgan fingerprint density at radius 1 is 1.16 bits per heavy atom. The predicted molar refractivity (Wildman–Crippen MR) is 97.9 cm³/mol. The number of rotatable bonds is 6. The minimum atomic E-state index is -3.96. The van der Waals surface area contributed by atoms with Crippen LogP contribution in [-0.2, 0) is 14.8 Å². The first-order chi connectivity index (χ1) is 11.7. The monoisotopic (exact) mass is 402 g/mol. The van der Waals surface area contributed by atoms with Crippen LogP contribution in [0, 0.1) is 0 Å². The van der Waals surface area contributed by atoms with Crippen molar-refractivity contribution in [3.63, 3.8) is 0 Å². The van der Waals surface area contributed by atoms with Crippen LogP contribution in [-0.4, -0.2) is 39.3 Å². The van der Waals surface area contributed by atoms with Gasteiger partial charge in [0, 0.05) is 22.8 Å². The van der Waals surface area contributed by atoms with E-state index in [4.69, 9.17) is 27.9 Å². The number of sulfonamides is 1. The molecule has 0 unspecified atom stereocenters. The van der Waals surface area contributed by atoms with Gasteiger partial charge in [-0.3, -0.25) is 4.79 Å². The van der Waals surface area contributed by atoms with Crippen LogP contribution in [0.4, 0.5) is 5.69 Å². The number of carbonyl (C=O) groups excluding carboxylic acids is 1. The molecule has 0 aliphatic carbocycles. The summed E-state index contributed by atoms with van der Waals surface area (Å²) in [6.07, 6.45) is 0. The van der Waals surface area contributed by atoms with Crippen LogP contribution in [0.5, 0.6) is 5.75 Å². The minimum absolute atomic E-state index is 0.111. The number of nitrogens with one attached hydrogen (secondary N) is 1. The highest BCUT2D eigenvalue weighted by Crippen LogP contribution is 2.29. The molecule has 0 aliphatic rings. The maximum atomic E-state index is 12.7. The van der Waals surface area contributed by atoms with Gasteiger partial charge in [0.05, 0.1) is 13.7 Å². The van der Waals surface area contributed by atoms with Crippen LogP contribution in [0.1, 0.15) is 0 Å². The fraction of sp³-hybridized carbons (Fsp3) is 0.188. The van der Waals surface area contributed by atoms with Gasteiger partial charge in [-0.05, 0) is 36.4 Å². The topological polar surface area (TPSA) is 75.7 Å². The lowest BCUT2D eigenvalue weighted by Gasteiger charge is -2.18. The Bertz CT molecular complexity index is 887. The molecule has 2 aromatic rings. The van der Waals surface area contributed by atoms with E-state index in [1.807, 2.05) is 0 Å². The highest BCUT2D eigenvalue weighted by Gasteiger charge is 2.26. The van der Waals surface area contributed by atoms with Crippen molar-refractivity contribution in [3.05, 3.63) is 52.5 Å². The molecule has 0 bridgehead atoms. The maximum Gasteiger partial charge on any atom is 0.247 e. The van der Waals surface area contributed by atoms with E-state index < -0.39 is 15.9 Å². The SMILES string of the molecule is COc1ccc(Cl)cc1S(=O)(=O)N(C)CC(=O)Nc1cccc(Cl)c1. The van der Waals surface area contributed by atoms with Gasteiger partial charge in [0.25, 0.3) is 0 Å². The summed E-state index contributed by atoms with van der Waals surface area (Å²) in [6, 6.07) is 10.8. The van der Waals surface area contributed by atoms with Crippen molar-refractivity contribution < 1.29 is 17.9 Å². The molecule has 0 radical (unpaired) electrons. The van der Waals surface area contributed by atoms with Crippen molar-refractivity contribution in [2.45, 2.75) is 4.90 Å². The summed E-state index contributed by atoms with van der Waals surface area (Å²) < 4.78 is 31.4. The van der Waals surface area contributed by atoms with Crippen molar-refractivity contribution in [1.82, 2.24) is 4.31 Å². The summed E-state index contributed by atoms with van der Waals surface area (Å²) in [5.74, 6) is -0.360. The van der Waals surface area contributed by atoms with Crippen molar-refractivity contribution in [1.29, 1.82) is 0 Å². The zero-order valence-corrected chi connectivity index (χ0v) is 15.8. The van der Waals surface area contributed by atoms with E-state index in [1.54, 1.807) is 24.3 Å². The zero-order chi connectivity index (χ0) is 18.6. The molecule has 1 amide bonds. The van der Waals surface area contributed by atoms with Gasteiger partial charge in [0.2, 0.25) is 15.9 Å². The summed E-state index contributed by atoms with van der Waals surface area (Å²) in [5, 5.41) is 3.30. The number of likely N-dealkylation sites (N-methyl/N-ethyl adjacent to an activating group) is 1. The lowest BCUT2D eigenvalue weighted by atomic mass is 10.3. The van der Waals surface area contributed by atoms with Gasteiger partial charge < -0.3 is 10.1 Å². The average molecular weight is 403 g/mol. The van der Waals surface area contributed by atoms with E-state index in [0.29, 0.717) is 10.7 Å². The van der Waals surface area contributed by atoms with E-state index >= 15 is 0 Å². The van der Waals surface area contributed by atoms with Crippen LogP contribution >= 0.6 is 23.2 Å². The molecule has 0 fully saturated rings. The Morgan fingerprint density at radius 2 is 1.84 bits per heavy atom. The first-order valence-electron chi connectivity index (χ1n) is 7.09. The normalized spacial score (nSPS) is 11.4. The van der Waals surface area contributed by atoms with Crippen LogP contribution < -0.4 is 10.1 Å². The lowest BCUT2D eigenvalue weighted by molar-refractivity contribution is -0.116. The number of benzene rings is 2. The molecule has 0 aromatic heterocycles. The van der Waals surface area contributed by atoms with E-state index in [0.717, 1.165) is 4.31 Å². The fourth-order valence-corrected chi connectivity index (χ4v) is 3.81. The van der Waals surface area contributed by atoms with Crippen molar-refractivity contribution in [3.8, 4) is 5.75 Å². The first-order valence-corrected chi connectivity index (χ1v) is 9.29. The Kier molecular flexibility index (Phi) is 6.29. The summed E-state index contributed by atoms with van der Waals surface area (Å²) >= 11 is 11.7. The third-order valence-electron chi connectivity index (χ3n) is 3.29. The number of amides is 1. The third-order valence-corrected chi connectivity index (χ3v) is 5.58. The van der Waals surface area contributed by atoms with Gasteiger partial charge in [0.1, 0.15) is 10.6 Å². The molecule has 1 N–H and O–H groups in total. The standard InChI is InChI=1S/C16H16Cl2N2O4S/c1-20(10-16(21)19-13-5-3-4-11(17)8-13)25(22,23)15-9-12(18)6-7-14(15)24-2/h3-9H,10H2,1-2H3,(H,19,21). The molecule has 0 heterocycles. The van der Waals surface area contributed by atoms with E-state index in [-0.39, 0.29) is 22.2 Å². The Hall–Kier alpha value is -1.80. The summed E-state index contributed by atoms with van der Waals surface area (Å²) in [4.78, 5) is 12.0. The number of nitrogens with zero attached hydrogens (tertiary/aromatic N) is 1. The molecule has 134 valence electrons. The largest absolute Gasteiger partial charge is 0.495 e. The summed E-state index contributed by atoms with van der Waals surface area (Å²) in [6.45, 7) is -0.384. The Labute approximate surface area is 156 Å². The van der Waals surface area contributed by atoms with Crippen molar-refractivity contribution in [2.24, 2.45) is 0 Å². The van der Waals surface area contributed by atoms with E-state index in [1.165, 1.54) is 32.4 Å². The predicted octanol–water partition coefficient (Wildman–Crippen LogP) is 3.26.